The molecular weight excluding hydrogens is 428 g/mol. The number of amides is 1. The maximum absolute atomic E-state index is 12.6. The van der Waals surface area contributed by atoms with E-state index >= 15 is 0 Å². The van der Waals surface area contributed by atoms with E-state index in [2.05, 4.69) is 20.1 Å². The van der Waals surface area contributed by atoms with E-state index in [4.69, 9.17) is 9.15 Å². The Morgan fingerprint density at radius 1 is 1.03 bits per heavy atom. The lowest BCUT2D eigenvalue weighted by atomic mass is 10.1. The summed E-state index contributed by atoms with van der Waals surface area (Å²) in [6, 6.07) is 19.4. The van der Waals surface area contributed by atoms with E-state index in [-0.39, 0.29) is 5.91 Å². The summed E-state index contributed by atoms with van der Waals surface area (Å²) in [6.07, 6.45) is 5.35. The van der Waals surface area contributed by atoms with Gasteiger partial charge in [-0.2, -0.15) is 0 Å². The smallest absolute Gasteiger partial charge is 0.224 e. The van der Waals surface area contributed by atoms with Gasteiger partial charge in [-0.3, -0.25) is 4.79 Å². The van der Waals surface area contributed by atoms with Crippen LogP contribution in [0, 0.1) is 0 Å². The van der Waals surface area contributed by atoms with Crippen LogP contribution in [0.25, 0.3) is 22.7 Å². The Hall–Kier alpha value is -3.87. The molecule has 0 saturated heterocycles. The van der Waals surface area contributed by atoms with Gasteiger partial charge in [0.2, 0.25) is 5.91 Å². The second-order valence-electron chi connectivity index (χ2n) is 8.53. The minimum absolute atomic E-state index is 0.0559. The van der Waals surface area contributed by atoms with Gasteiger partial charge < -0.3 is 19.0 Å². The van der Waals surface area contributed by atoms with Gasteiger partial charge in [-0.05, 0) is 61.4 Å². The fourth-order valence-electron chi connectivity index (χ4n) is 4.32. The molecular formula is C27H28N4O3. The summed E-state index contributed by atoms with van der Waals surface area (Å²) in [5.41, 5.74) is 2.69. The Morgan fingerprint density at radius 3 is 2.76 bits per heavy atom. The van der Waals surface area contributed by atoms with E-state index in [1.54, 1.807) is 7.11 Å². The quantitative estimate of drug-likeness (QED) is 0.396. The van der Waals surface area contributed by atoms with Gasteiger partial charge in [-0.25, -0.2) is 0 Å². The first-order valence-electron chi connectivity index (χ1n) is 11.7. The van der Waals surface area contributed by atoms with E-state index in [9.17, 15) is 4.79 Å². The lowest BCUT2D eigenvalue weighted by Gasteiger charge is -2.09. The molecule has 7 nitrogen and oxygen atoms in total. The Kier molecular flexibility index (Phi) is 6.42. The predicted octanol–water partition coefficient (Wildman–Crippen LogP) is 5.51. The number of ether oxygens (including phenoxy) is 1. The summed E-state index contributed by atoms with van der Waals surface area (Å²) in [5.74, 6) is 4.22. The Morgan fingerprint density at radius 2 is 1.91 bits per heavy atom. The zero-order chi connectivity index (χ0) is 23.3. The zero-order valence-electron chi connectivity index (χ0n) is 19.3. The summed E-state index contributed by atoms with van der Waals surface area (Å²) >= 11 is 0. The summed E-state index contributed by atoms with van der Waals surface area (Å²) in [6.45, 7) is 0.940. The summed E-state index contributed by atoms with van der Waals surface area (Å²) in [7, 11) is 1.64. The van der Waals surface area contributed by atoms with E-state index in [1.165, 1.54) is 6.42 Å². The monoisotopic (exact) mass is 456 g/mol. The highest BCUT2D eigenvalue weighted by molar-refractivity contribution is 5.91. The minimum atomic E-state index is -0.0559. The molecule has 0 fully saturated rings. The first-order valence-corrected chi connectivity index (χ1v) is 11.7. The molecule has 5 rings (SSSR count). The number of nitrogens with zero attached hydrogens (tertiary/aromatic N) is 3. The van der Waals surface area contributed by atoms with E-state index in [0.717, 1.165) is 71.5 Å². The molecule has 174 valence electrons. The van der Waals surface area contributed by atoms with Crippen molar-refractivity contribution in [1.29, 1.82) is 0 Å². The molecule has 0 spiro atoms. The molecule has 0 aliphatic carbocycles. The van der Waals surface area contributed by atoms with Crippen LogP contribution in [-0.4, -0.2) is 27.8 Å². The molecule has 4 aromatic rings. The van der Waals surface area contributed by atoms with Crippen LogP contribution >= 0.6 is 0 Å². The Bertz CT molecular complexity index is 1270. The minimum Gasteiger partial charge on any atom is -0.497 e. The maximum Gasteiger partial charge on any atom is 0.224 e. The molecule has 0 atom stereocenters. The highest BCUT2D eigenvalue weighted by Crippen LogP contribution is 2.26. The van der Waals surface area contributed by atoms with Crippen LogP contribution < -0.4 is 10.1 Å². The Labute approximate surface area is 198 Å². The lowest BCUT2D eigenvalue weighted by molar-refractivity contribution is -0.116. The van der Waals surface area contributed by atoms with Crippen LogP contribution in [0.5, 0.6) is 5.75 Å². The van der Waals surface area contributed by atoms with Crippen LogP contribution in [-0.2, 0) is 24.2 Å². The molecule has 2 aromatic carbocycles. The highest BCUT2D eigenvalue weighted by atomic mass is 16.5. The average molecular weight is 457 g/mol. The fraction of sp³-hybridized carbons (Fsp3) is 0.296. The molecule has 0 radical (unpaired) electrons. The first kappa shape index (κ1) is 21.9. The number of nitrogens with one attached hydrogen (secondary N) is 1. The van der Waals surface area contributed by atoms with Crippen molar-refractivity contribution in [2.24, 2.45) is 0 Å². The second kappa shape index (κ2) is 9.95. The third-order valence-corrected chi connectivity index (χ3v) is 6.15. The van der Waals surface area contributed by atoms with E-state index in [1.807, 2.05) is 60.7 Å². The average Bonchev–Trinajstić information content (AvgIpc) is 3.44. The normalized spacial score (nSPS) is 13.2. The van der Waals surface area contributed by atoms with Crippen molar-refractivity contribution >= 4 is 11.6 Å². The molecule has 2 aromatic heterocycles. The molecule has 1 amide bonds. The number of hydrogen-bond donors (Lipinski definition) is 1. The molecule has 1 N–H and O–H groups in total. The number of furan rings is 1. The zero-order valence-corrected chi connectivity index (χ0v) is 19.3. The fourth-order valence-corrected chi connectivity index (χ4v) is 4.32. The van der Waals surface area contributed by atoms with Gasteiger partial charge in [0.05, 0.1) is 7.11 Å². The molecule has 1 aliphatic rings. The van der Waals surface area contributed by atoms with Crippen molar-refractivity contribution in [2.75, 3.05) is 12.4 Å². The van der Waals surface area contributed by atoms with E-state index < -0.39 is 0 Å². The number of carbonyl (C=O) groups is 1. The molecule has 0 saturated carbocycles. The largest absolute Gasteiger partial charge is 0.497 e. The molecule has 7 heteroatoms. The first-order chi connectivity index (χ1) is 16.7. The molecule has 3 heterocycles. The number of aryl methyl sites for hydroxylation is 2. The number of methoxy groups -OCH3 is 1. The number of aromatic nitrogens is 3. The molecule has 0 bridgehead atoms. The SMILES string of the molecule is COc1ccc(-c2ccc(CCC(=O)Nc3cccc(-c4nnc5n4CCCCC5)c3)o2)cc1. The van der Waals surface area contributed by atoms with Crippen LogP contribution in [0.2, 0.25) is 0 Å². The maximum atomic E-state index is 12.6. The second-order valence-corrected chi connectivity index (χ2v) is 8.53. The van der Waals surface area contributed by atoms with Crippen molar-refractivity contribution in [2.45, 2.75) is 45.1 Å². The summed E-state index contributed by atoms with van der Waals surface area (Å²) < 4.78 is 13.3. The van der Waals surface area contributed by atoms with Gasteiger partial charge in [0, 0.05) is 42.6 Å². The molecule has 1 aliphatic heterocycles. The standard InChI is InChI=1S/C27H28N4O3/c1-33-22-11-9-19(10-12-22)24-15-13-23(34-24)14-16-26(32)28-21-7-5-6-20(18-21)27-30-29-25-8-3-2-4-17-31(25)27/h5-7,9-13,15,18H,2-4,8,14,16-17H2,1H3,(H,28,32). The Balaban J connectivity index is 1.20. The van der Waals surface area contributed by atoms with Gasteiger partial charge in [0.25, 0.3) is 0 Å². The number of hydrogen-bond acceptors (Lipinski definition) is 5. The van der Waals surface area contributed by atoms with Gasteiger partial charge in [0.15, 0.2) is 5.82 Å². The van der Waals surface area contributed by atoms with Crippen LogP contribution in [0.4, 0.5) is 5.69 Å². The number of rotatable bonds is 7. The number of fused-ring (bicyclic) bond motifs is 1. The van der Waals surface area contributed by atoms with Crippen LogP contribution in [0.3, 0.4) is 0 Å². The third-order valence-electron chi connectivity index (χ3n) is 6.15. The van der Waals surface area contributed by atoms with Crippen molar-refractivity contribution in [3.8, 4) is 28.5 Å². The van der Waals surface area contributed by atoms with Crippen LogP contribution in [0.15, 0.2) is 65.1 Å². The number of carbonyl (C=O) groups excluding carboxylic acids is 1. The van der Waals surface area contributed by atoms with Gasteiger partial charge >= 0.3 is 0 Å². The topological polar surface area (TPSA) is 82.2 Å². The van der Waals surface area contributed by atoms with Gasteiger partial charge in [-0.1, -0.05) is 18.6 Å². The van der Waals surface area contributed by atoms with Crippen molar-refractivity contribution in [3.63, 3.8) is 0 Å². The molecule has 34 heavy (non-hydrogen) atoms. The highest BCUT2D eigenvalue weighted by Gasteiger charge is 2.16. The van der Waals surface area contributed by atoms with Crippen molar-refractivity contribution in [1.82, 2.24) is 14.8 Å². The van der Waals surface area contributed by atoms with Gasteiger partial charge in [-0.15, -0.1) is 10.2 Å². The van der Waals surface area contributed by atoms with Crippen LogP contribution in [0.1, 0.15) is 37.3 Å². The molecule has 0 unspecified atom stereocenters. The number of anilines is 1. The number of benzene rings is 2. The predicted molar refractivity (Wildman–Crippen MR) is 131 cm³/mol. The summed E-state index contributed by atoms with van der Waals surface area (Å²) in [4.78, 5) is 12.6. The summed E-state index contributed by atoms with van der Waals surface area (Å²) in [5, 5.41) is 11.8. The third kappa shape index (κ3) is 4.88. The van der Waals surface area contributed by atoms with E-state index in [0.29, 0.717) is 12.8 Å². The van der Waals surface area contributed by atoms with Crippen molar-refractivity contribution in [3.05, 3.63) is 72.2 Å². The lowest BCUT2D eigenvalue weighted by Crippen LogP contribution is -2.12. The van der Waals surface area contributed by atoms with Crippen molar-refractivity contribution < 1.29 is 13.9 Å². The van der Waals surface area contributed by atoms with Gasteiger partial charge in [0.1, 0.15) is 23.1 Å².